The van der Waals surface area contributed by atoms with E-state index in [4.69, 9.17) is 15.7 Å². The summed E-state index contributed by atoms with van der Waals surface area (Å²) < 4.78 is 5.18. The van der Waals surface area contributed by atoms with Gasteiger partial charge in [-0.2, -0.15) is 0 Å². The van der Waals surface area contributed by atoms with E-state index in [0.29, 0.717) is 32.7 Å². The maximum atomic E-state index is 11.8. The van der Waals surface area contributed by atoms with Crippen LogP contribution in [-0.2, 0) is 4.74 Å². The summed E-state index contributed by atoms with van der Waals surface area (Å²) in [5, 5.41) is 14.2. The number of amidine groups is 1. The first-order chi connectivity index (χ1) is 8.17. The Labute approximate surface area is 101 Å². The molecule has 4 N–H and O–H groups in total. The van der Waals surface area contributed by atoms with Crippen molar-refractivity contribution in [2.45, 2.75) is 25.8 Å². The van der Waals surface area contributed by atoms with Crippen LogP contribution >= 0.6 is 0 Å². The number of hydrogen-bond donors (Lipinski definition) is 3. The standard InChI is InChI=1S/C10H20N4O3/c1-2-14(5-3-9(11)13-16)10(15)12-8-4-6-17-7-8/h8,16H,2-7H2,1H3,(H2,11,13)(H,12,15). The first-order valence-electron chi connectivity index (χ1n) is 5.77. The molecule has 0 aromatic rings. The van der Waals surface area contributed by atoms with Gasteiger partial charge in [0.1, 0.15) is 5.84 Å². The van der Waals surface area contributed by atoms with Gasteiger partial charge in [-0.1, -0.05) is 5.16 Å². The second-order valence-corrected chi connectivity index (χ2v) is 3.93. The smallest absolute Gasteiger partial charge is 0.317 e. The normalized spacial score (nSPS) is 20.3. The first kappa shape index (κ1) is 13.6. The van der Waals surface area contributed by atoms with E-state index < -0.39 is 0 Å². The van der Waals surface area contributed by atoms with Crippen molar-refractivity contribution in [3.8, 4) is 0 Å². The number of urea groups is 1. The van der Waals surface area contributed by atoms with Crippen molar-refractivity contribution in [1.82, 2.24) is 10.2 Å². The summed E-state index contributed by atoms with van der Waals surface area (Å²) in [5.74, 6) is 0.125. The van der Waals surface area contributed by atoms with E-state index in [-0.39, 0.29) is 17.9 Å². The molecule has 98 valence electrons. The number of oxime groups is 1. The van der Waals surface area contributed by atoms with Crippen molar-refractivity contribution in [2.24, 2.45) is 10.9 Å². The molecule has 1 fully saturated rings. The van der Waals surface area contributed by atoms with Gasteiger partial charge < -0.3 is 25.9 Å². The van der Waals surface area contributed by atoms with E-state index in [9.17, 15) is 4.79 Å². The van der Waals surface area contributed by atoms with Crippen molar-refractivity contribution in [2.75, 3.05) is 26.3 Å². The Kier molecular flexibility index (Phi) is 5.55. The molecule has 17 heavy (non-hydrogen) atoms. The molecule has 1 rings (SSSR count). The van der Waals surface area contributed by atoms with Crippen molar-refractivity contribution < 1.29 is 14.7 Å². The zero-order valence-corrected chi connectivity index (χ0v) is 10.1. The zero-order chi connectivity index (χ0) is 12.7. The first-order valence-corrected chi connectivity index (χ1v) is 5.77. The Morgan fingerprint density at radius 1 is 1.71 bits per heavy atom. The van der Waals surface area contributed by atoms with Crippen LogP contribution in [0.25, 0.3) is 0 Å². The van der Waals surface area contributed by atoms with E-state index in [0.717, 1.165) is 6.42 Å². The molecule has 7 nitrogen and oxygen atoms in total. The monoisotopic (exact) mass is 244 g/mol. The third kappa shape index (κ3) is 4.48. The minimum absolute atomic E-state index is 0.0976. The van der Waals surface area contributed by atoms with Crippen LogP contribution in [-0.4, -0.2) is 54.3 Å². The zero-order valence-electron chi connectivity index (χ0n) is 10.1. The lowest BCUT2D eigenvalue weighted by atomic mass is 10.3. The minimum Gasteiger partial charge on any atom is -0.409 e. The Morgan fingerprint density at radius 3 is 3.00 bits per heavy atom. The van der Waals surface area contributed by atoms with Gasteiger partial charge in [-0.3, -0.25) is 0 Å². The van der Waals surface area contributed by atoms with Crippen LogP contribution in [0.4, 0.5) is 4.79 Å². The van der Waals surface area contributed by atoms with Gasteiger partial charge in [-0.05, 0) is 13.3 Å². The molecule has 7 heteroatoms. The molecule has 1 saturated heterocycles. The lowest BCUT2D eigenvalue weighted by Crippen LogP contribution is -2.46. The topological polar surface area (TPSA) is 100 Å². The summed E-state index contributed by atoms with van der Waals surface area (Å²) in [6.45, 7) is 4.17. The molecule has 0 radical (unpaired) electrons. The SMILES string of the molecule is CCN(CCC(N)=NO)C(=O)NC1CCOC1. The summed E-state index contributed by atoms with van der Waals surface area (Å²) >= 11 is 0. The highest BCUT2D eigenvalue weighted by molar-refractivity contribution is 5.81. The van der Waals surface area contributed by atoms with Gasteiger partial charge in [-0.15, -0.1) is 0 Å². The number of ether oxygens (including phenoxy) is 1. The van der Waals surface area contributed by atoms with Gasteiger partial charge in [-0.25, -0.2) is 4.79 Å². The van der Waals surface area contributed by atoms with Crippen LogP contribution in [0.15, 0.2) is 5.16 Å². The van der Waals surface area contributed by atoms with Gasteiger partial charge in [0.2, 0.25) is 0 Å². The van der Waals surface area contributed by atoms with Crippen molar-refractivity contribution in [3.63, 3.8) is 0 Å². The fraction of sp³-hybridized carbons (Fsp3) is 0.800. The van der Waals surface area contributed by atoms with Gasteiger partial charge in [0.05, 0.1) is 12.6 Å². The summed E-state index contributed by atoms with van der Waals surface area (Å²) in [6.07, 6.45) is 1.21. The highest BCUT2D eigenvalue weighted by Crippen LogP contribution is 2.04. The molecular formula is C10H20N4O3. The summed E-state index contributed by atoms with van der Waals surface area (Å²) in [6, 6.07) is -0.0332. The highest BCUT2D eigenvalue weighted by Gasteiger charge is 2.20. The van der Waals surface area contributed by atoms with Crippen LogP contribution in [0.1, 0.15) is 19.8 Å². The van der Waals surface area contributed by atoms with Gasteiger partial charge in [0.15, 0.2) is 0 Å². The third-order valence-corrected chi connectivity index (χ3v) is 2.69. The van der Waals surface area contributed by atoms with E-state index >= 15 is 0 Å². The Balaban J connectivity index is 2.34. The van der Waals surface area contributed by atoms with Gasteiger partial charge >= 0.3 is 6.03 Å². The van der Waals surface area contributed by atoms with Crippen molar-refractivity contribution in [3.05, 3.63) is 0 Å². The number of hydrogen-bond acceptors (Lipinski definition) is 4. The predicted molar refractivity (Wildman–Crippen MR) is 63.0 cm³/mol. The maximum Gasteiger partial charge on any atom is 0.317 e. The summed E-state index contributed by atoms with van der Waals surface area (Å²) in [7, 11) is 0. The van der Waals surface area contributed by atoms with E-state index in [1.165, 1.54) is 0 Å². The lowest BCUT2D eigenvalue weighted by Gasteiger charge is -2.23. The molecule has 2 amide bonds. The predicted octanol–water partition coefficient (Wildman–Crippen LogP) is -0.0567. The van der Waals surface area contributed by atoms with Gasteiger partial charge in [0.25, 0.3) is 0 Å². The number of nitrogens with two attached hydrogens (primary N) is 1. The van der Waals surface area contributed by atoms with Crippen LogP contribution in [0.2, 0.25) is 0 Å². The minimum atomic E-state index is -0.131. The molecule has 1 atom stereocenters. The van der Waals surface area contributed by atoms with Crippen LogP contribution < -0.4 is 11.1 Å². The molecule has 1 aliphatic heterocycles. The van der Waals surface area contributed by atoms with Gasteiger partial charge in [0, 0.05) is 26.1 Å². The largest absolute Gasteiger partial charge is 0.409 e. The Bertz CT molecular complexity index is 277. The molecule has 1 unspecified atom stereocenters. The fourth-order valence-electron chi connectivity index (χ4n) is 1.62. The number of rotatable bonds is 5. The number of amides is 2. The molecule has 1 aliphatic rings. The second kappa shape index (κ2) is 6.95. The maximum absolute atomic E-state index is 11.8. The van der Waals surface area contributed by atoms with Crippen molar-refractivity contribution in [1.29, 1.82) is 0 Å². The average Bonchev–Trinajstić information content (AvgIpc) is 2.82. The Hall–Kier alpha value is -1.50. The van der Waals surface area contributed by atoms with Crippen LogP contribution in [0.3, 0.4) is 0 Å². The number of carbonyl (C=O) groups is 1. The summed E-state index contributed by atoms with van der Waals surface area (Å²) in [5.41, 5.74) is 5.36. The van der Waals surface area contributed by atoms with Crippen LogP contribution in [0.5, 0.6) is 0 Å². The molecular weight excluding hydrogens is 224 g/mol. The lowest BCUT2D eigenvalue weighted by molar-refractivity contribution is 0.179. The third-order valence-electron chi connectivity index (χ3n) is 2.69. The highest BCUT2D eigenvalue weighted by atomic mass is 16.5. The molecule has 0 aromatic heterocycles. The molecule has 0 aliphatic carbocycles. The van der Waals surface area contributed by atoms with Crippen molar-refractivity contribution >= 4 is 11.9 Å². The van der Waals surface area contributed by atoms with E-state index in [1.54, 1.807) is 4.90 Å². The van der Waals surface area contributed by atoms with Crippen LogP contribution in [0, 0.1) is 0 Å². The molecule has 1 heterocycles. The molecule has 0 saturated carbocycles. The number of nitrogens with zero attached hydrogens (tertiary/aromatic N) is 2. The number of carbonyl (C=O) groups excluding carboxylic acids is 1. The van der Waals surface area contributed by atoms with E-state index in [1.807, 2.05) is 6.92 Å². The molecule has 0 aromatic carbocycles. The molecule has 0 spiro atoms. The second-order valence-electron chi connectivity index (χ2n) is 3.93. The number of nitrogens with one attached hydrogen (secondary N) is 1. The van der Waals surface area contributed by atoms with E-state index in [2.05, 4.69) is 10.5 Å². The average molecular weight is 244 g/mol. The molecule has 0 bridgehead atoms. The fourth-order valence-corrected chi connectivity index (χ4v) is 1.62. The summed E-state index contributed by atoms with van der Waals surface area (Å²) in [4.78, 5) is 13.5. The Morgan fingerprint density at radius 2 is 2.47 bits per heavy atom. The quantitative estimate of drug-likeness (QED) is 0.273.